The maximum absolute atomic E-state index is 5.43. The van der Waals surface area contributed by atoms with Gasteiger partial charge in [0.2, 0.25) is 0 Å². The van der Waals surface area contributed by atoms with Gasteiger partial charge in [0.05, 0.1) is 33.8 Å². The van der Waals surface area contributed by atoms with Gasteiger partial charge < -0.3 is 0 Å². The van der Waals surface area contributed by atoms with Gasteiger partial charge in [-0.3, -0.25) is 0 Å². The van der Waals surface area contributed by atoms with Crippen LogP contribution in [-0.2, 0) is 0 Å². The molecule has 10 rings (SSSR count). The van der Waals surface area contributed by atoms with E-state index in [0.29, 0.717) is 5.82 Å². The molecule has 0 aliphatic heterocycles. The lowest BCUT2D eigenvalue weighted by atomic mass is 9.88. The minimum absolute atomic E-state index is 0.694. The molecule has 0 radical (unpaired) electrons. The molecule has 0 fully saturated rings. The molecule has 4 nitrogen and oxygen atoms in total. The molecular weight excluding hydrogens is 633 g/mol. The summed E-state index contributed by atoms with van der Waals surface area (Å²) in [4.78, 5) is 21.0. The second-order valence-corrected chi connectivity index (χ2v) is 13.0. The normalized spacial score (nSPS) is 11.5. The Labute approximate surface area is 300 Å². The Morgan fingerprint density at radius 3 is 1.19 bits per heavy atom. The van der Waals surface area contributed by atoms with E-state index in [2.05, 4.69) is 140 Å². The molecule has 0 aliphatic rings. The topological polar surface area (TPSA) is 51.6 Å². The van der Waals surface area contributed by atoms with E-state index in [0.717, 1.165) is 93.9 Å². The average molecular weight is 663 g/mol. The highest BCUT2D eigenvalue weighted by Gasteiger charge is 2.20. The Hall–Kier alpha value is -7.04. The van der Waals surface area contributed by atoms with E-state index in [1.165, 1.54) is 0 Å². The molecule has 10 aromatic rings. The van der Waals surface area contributed by atoms with Crippen molar-refractivity contribution in [1.29, 1.82) is 0 Å². The summed E-state index contributed by atoms with van der Waals surface area (Å²) in [5, 5.41) is 6.57. The molecular formula is C48H30N4. The summed E-state index contributed by atoms with van der Waals surface area (Å²) in [7, 11) is 0. The number of benzene rings is 7. The molecule has 0 spiro atoms. The lowest BCUT2D eigenvalue weighted by Crippen LogP contribution is -1.98. The molecule has 0 aliphatic carbocycles. The summed E-state index contributed by atoms with van der Waals surface area (Å²) in [5.41, 5.74) is 10.7. The van der Waals surface area contributed by atoms with Gasteiger partial charge in [0.25, 0.3) is 0 Å². The van der Waals surface area contributed by atoms with Crippen LogP contribution in [0, 0.1) is 0 Å². The van der Waals surface area contributed by atoms with Crippen molar-refractivity contribution in [2.75, 3.05) is 0 Å². The summed E-state index contributed by atoms with van der Waals surface area (Å²) in [6.07, 6.45) is 0. The van der Waals surface area contributed by atoms with Crippen LogP contribution in [0.2, 0.25) is 0 Å². The van der Waals surface area contributed by atoms with Crippen molar-refractivity contribution in [3.05, 3.63) is 182 Å². The van der Waals surface area contributed by atoms with E-state index in [9.17, 15) is 0 Å². The van der Waals surface area contributed by atoms with Gasteiger partial charge in [-0.25, -0.2) is 19.9 Å². The van der Waals surface area contributed by atoms with E-state index in [1.807, 2.05) is 42.5 Å². The van der Waals surface area contributed by atoms with E-state index in [4.69, 9.17) is 19.9 Å². The number of rotatable bonds is 5. The molecule has 52 heavy (non-hydrogen) atoms. The number of fused-ring (bicyclic) bond motifs is 5. The molecule has 0 saturated heterocycles. The summed E-state index contributed by atoms with van der Waals surface area (Å²) >= 11 is 0. The fourth-order valence-electron chi connectivity index (χ4n) is 7.41. The van der Waals surface area contributed by atoms with E-state index in [1.54, 1.807) is 0 Å². The fourth-order valence-corrected chi connectivity index (χ4v) is 7.41. The predicted molar refractivity (Wildman–Crippen MR) is 215 cm³/mol. The number of hydrogen-bond acceptors (Lipinski definition) is 4. The van der Waals surface area contributed by atoms with Crippen LogP contribution in [0.25, 0.3) is 99.8 Å². The van der Waals surface area contributed by atoms with E-state index in [-0.39, 0.29) is 0 Å². The van der Waals surface area contributed by atoms with E-state index < -0.39 is 0 Å². The van der Waals surface area contributed by atoms with Crippen LogP contribution in [0.15, 0.2) is 182 Å². The highest BCUT2D eigenvalue weighted by molar-refractivity contribution is 6.21. The SMILES string of the molecule is c1ccc(-c2cc(-c3c4ccccc4c(-c4ccc5ccc6ccc(-c7ccccc7)nc6c5n4)c4ccccc34)nc(-c3ccccc3)n2)cc1. The predicted octanol–water partition coefficient (Wildman–Crippen LogP) is 12.2. The first-order valence-corrected chi connectivity index (χ1v) is 17.5. The van der Waals surface area contributed by atoms with Gasteiger partial charge in [-0.15, -0.1) is 0 Å². The fraction of sp³-hybridized carbons (Fsp3) is 0. The monoisotopic (exact) mass is 662 g/mol. The first kappa shape index (κ1) is 29.8. The van der Waals surface area contributed by atoms with E-state index >= 15 is 0 Å². The molecule has 7 aromatic carbocycles. The lowest BCUT2D eigenvalue weighted by Gasteiger charge is -2.18. The Morgan fingerprint density at radius 1 is 0.269 bits per heavy atom. The van der Waals surface area contributed by atoms with Crippen LogP contribution in [0.1, 0.15) is 0 Å². The molecule has 0 bridgehead atoms. The van der Waals surface area contributed by atoms with Crippen LogP contribution >= 0.6 is 0 Å². The van der Waals surface area contributed by atoms with Gasteiger partial charge in [0, 0.05) is 38.6 Å². The minimum atomic E-state index is 0.694. The van der Waals surface area contributed by atoms with Crippen LogP contribution < -0.4 is 0 Å². The van der Waals surface area contributed by atoms with Crippen LogP contribution in [0.3, 0.4) is 0 Å². The quantitative estimate of drug-likeness (QED) is 0.136. The molecule has 242 valence electrons. The maximum Gasteiger partial charge on any atom is 0.160 e. The lowest BCUT2D eigenvalue weighted by molar-refractivity contribution is 1.19. The third kappa shape index (κ3) is 5.09. The molecule has 3 aromatic heterocycles. The average Bonchev–Trinajstić information content (AvgIpc) is 3.23. The van der Waals surface area contributed by atoms with Crippen molar-refractivity contribution in [3.63, 3.8) is 0 Å². The Kier molecular flexibility index (Phi) is 7.10. The van der Waals surface area contributed by atoms with Crippen molar-refractivity contribution in [2.24, 2.45) is 0 Å². The molecule has 0 unspecified atom stereocenters. The van der Waals surface area contributed by atoms with Crippen LogP contribution in [0.4, 0.5) is 0 Å². The molecule has 3 heterocycles. The molecule has 0 amide bonds. The zero-order valence-electron chi connectivity index (χ0n) is 28.1. The third-order valence-corrected chi connectivity index (χ3v) is 9.86. The number of nitrogens with zero attached hydrogens (tertiary/aromatic N) is 4. The van der Waals surface area contributed by atoms with Crippen molar-refractivity contribution < 1.29 is 0 Å². The summed E-state index contributed by atoms with van der Waals surface area (Å²) < 4.78 is 0. The number of aromatic nitrogens is 4. The Balaban J connectivity index is 1.24. The van der Waals surface area contributed by atoms with Gasteiger partial charge >= 0.3 is 0 Å². The van der Waals surface area contributed by atoms with Gasteiger partial charge in [0.1, 0.15) is 0 Å². The van der Waals surface area contributed by atoms with Crippen molar-refractivity contribution in [3.8, 4) is 56.4 Å². The first-order chi connectivity index (χ1) is 25.8. The smallest absolute Gasteiger partial charge is 0.160 e. The van der Waals surface area contributed by atoms with Gasteiger partial charge in [-0.1, -0.05) is 164 Å². The minimum Gasteiger partial charge on any atom is -0.245 e. The first-order valence-electron chi connectivity index (χ1n) is 17.5. The van der Waals surface area contributed by atoms with Crippen molar-refractivity contribution in [1.82, 2.24) is 19.9 Å². The molecule has 0 N–H and O–H groups in total. The Morgan fingerprint density at radius 2 is 0.654 bits per heavy atom. The zero-order valence-corrected chi connectivity index (χ0v) is 28.1. The molecule has 4 heteroatoms. The standard InChI is InChI=1S/C48H30N4/c1-4-14-31(15-5-1)40-28-26-33-24-25-34-27-29-41(50-47(34)46(33)49-40)44-36-20-10-12-22-38(36)45(39-23-13-11-21-37(39)44)43-30-42(32-16-6-2-7-17-32)51-48(52-43)35-18-8-3-9-19-35/h1-30H. The molecule has 0 atom stereocenters. The Bertz CT molecular complexity index is 2830. The van der Waals surface area contributed by atoms with Crippen molar-refractivity contribution in [2.45, 2.75) is 0 Å². The zero-order chi connectivity index (χ0) is 34.4. The highest BCUT2D eigenvalue weighted by Crippen LogP contribution is 2.44. The van der Waals surface area contributed by atoms with Crippen LogP contribution in [-0.4, -0.2) is 19.9 Å². The largest absolute Gasteiger partial charge is 0.245 e. The third-order valence-electron chi connectivity index (χ3n) is 9.86. The summed E-state index contributed by atoms with van der Waals surface area (Å²) in [5.74, 6) is 0.694. The van der Waals surface area contributed by atoms with Crippen molar-refractivity contribution >= 4 is 43.4 Å². The number of pyridine rings is 2. The molecule has 0 saturated carbocycles. The van der Waals surface area contributed by atoms with Gasteiger partial charge in [-0.2, -0.15) is 0 Å². The number of hydrogen-bond donors (Lipinski definition) is 0. The highest BCUT2D eigenvalue weighted by atomic mass is 14.9. The second kappa shape index (κ2) is 12.4. The summed E-state index contributed by atoms with van der Waals surface area (Å²) in [6, 6.07) is 63.1. The van der Waals surface area contributed by atoms with Crippen LogP contribution in [0.5, 0.6) is 0 Å². The summed E-state index contributed by atoms with van der Waals surface area (Å²) in [6.45, 7) is 0. The maximum atomic E-state index is 5.43. The van der Waals surface area contributed by atoms with Gasteiger partial charge in [-0.05, 0) is 39.7 Å². The second-order valence-electron chi connectivity index (χ2n) is 13.0. The van der Waals surface area contributed by atoms with Gasteiger partial charge in [0.15, 0.2) is 5.82 Å².